The van der Waals surface area contributed by atoms with Crippen LogP contribution >= 0.6 is 11.3 Å². The van der Waals surface area contributed by atoms with Gasteiger partial charge in [-0.1, -0.05) is 13.8 Å². The number of rotatable bonds is 5. The lowest BCUT2D eigenvalue weighted by molar-refractivity contribution is -0.137. The van der Waals surface area contributed by atoms with Crippen LogP contribution in [0.1, 0.15) is 30.8 Å². The van der Waals surface area contributed by atoms with Crippen molar-refractivity contribution in [2.75, 3.05) is 0 Å². The van der Waals surface area contributed by atoms with Crippen LogP contribution in [0.2, 0.25) is 0 Å². The Balaban J connectivity index is 2.61. The maximum absolute atomic E-state index is 11.6. The van der Waals surface area contributed by atoms with Gasteiger partial charge in [-0.05, 0) is 5.92 Å². The zero-order chi connectivity index (χ0) is 12.1. The second-order valence-electron chi connectivity index (χ2n) is 3.80. The molecule has 0 aromatic carbocycles. The highest BCUT2D eigenvalue weighted by atomic mass is 32.1. The van der Waals surface area contributed by atoms with Gasteiger partial charge in [0.2, 0.25) is 0 Å². The average Bonchev–Trinajstić information content (AvgIpc) is 2.68. The first-order chi connectivity index (χ1) is 7.50. The molecule has 88 valence electrons. The lowest BCUT2D eigenvalue weighted by Gasteiger charge is -2.19. The molecule has 1 heterocycles. The molecule has 1 atom stereocenters. The van der Waals surface area contributed by atoms with E-state index in [1.54, 1.807) is 10.9 Å². The molecule has 0 fully saturated rings. The molecule has 1 unspecified atom stereocenters. The number of hydrogen-bond donors (Lipinski definition) is 2. The Morgan fingerprint density at radius 3 is 2.69 bits per heavy atom. The van der Waals surface area contributed by atoms with Gasteiger partial charge in [0.1, 0.15) is 5.69 Å². The zero-order valence-corrected chi connectivity index (χ0v) is 9.95. The van der Waals surface area contributed by atoms with Crippen LogP contribution in [-0.2, 0) is 4.79 Å². The number of thiazole rings is 1. The summed E-state index contributed by atoms with van der Waals surface area (Å²) in [5.41, 5.74) is 1.90. The van der Waals surface area contributed by atoms with Crippen molar-refractivity contribution in [3.63, 3.8) is 0 Å². The third-order valence-corrected chi connectivity index (χ3v) is 2.77. The number of hydrogen-bond acceptors (Lipinski definition) is 4. The van der Waals surface area contributed by atoms with Gasteiger partial charge in [0.05, 0.1) is 11.9 Å². The topological polar surface area (TPSA) is 79.3 Å². The van der Waals surface area contributed by atoms with Crippen LogP contribution < -0.4 is 5.32 Å². The minimum atomic E-state index is -0.919. The number of carbonyl (C=O) groups is 2. The van der Waals surface area contributed by atoms with Crippen LogP contribution in [0.3, 0.4) is 0 Å². The summed E-state index contributed by atoms with van der Waals surface area (Å²) in [6, 6.07) is -0.369. The van der Waals surface area contributed by atoms with E-state index in [1.165, 1.54) is 11.3 Å². The summed E-state index contributed by atoms with van der Waals surface area (Å²) in [4.78, 5) is 26.1. The van der Waals surface area contributed by atoms with Crippen LogP contribution in [0.4, 0.5) is 0 Å². The quantitative estimate of drug-likeness (QED) is 0.817. The number of nitrogens with zero attached hydrogens (tertiary/aromatic N) is 1. The second kappa shape index (κ2) is 5.60. The van der Waals surface area contributed by atoms with E-state index < -0.39 is 5.97 Å². The molecule has 1 rings (SSSR count). The fourth-order valence-corrected chi connectivity index (χ4v) is 1.74. The standard InChI is InChI=1S/C10H14N2O3S/c1-6(2)7(3-9(13)14)12-10(15)8-4-16-5-11-8/h4-7H,3H2,1-2H3,(H,12,15)(H,13,14). The van der Waals surface area contributed by atoms with Gasteiger partial charge in [-0.25, -0.2) is 4.98 Å². The lowest BCUT2D eigenvalue weighted by atomic mass is 10.0. The molecule has 16 heavy (non-hydrogen) atoms. The Hall–Kier alpha value is -1.43. The number of aromatic nitrogens is 1. The number of carboxylic acid groups (broad SMARTS) is 1. The van der Waals surface area contributed by atoms with Crippen molar-refractivity contribution in [3.8, 4) is 0 Å². The molecule has 0 bridgehead atoms. The van der Waals surface area contributed by atoms with E-state index in [9.17, 15) is 9.59 Å². The third kappa shape index (κ3) is 3.62. The van der Waals surface area contributed by atoms with Crippen LogP contribution in [0.15, 0.2) is 10.9 Å². The fraction of sp³-hybridized carbons (Fsp3) is 0.500. The highest BCUT2D eigenvalue weighted by Crippen LogP contribution is 2.08. The summed E-state index contributed by atoms with van der Waals surface area (Å²) in [6.45, 7) is 3.74. The van der Waals surface area contributed by atoms with E-state index in [-0.39, 0.29) is 24.3 Å². The van der Waals surface area contributed by atoms with E-state index in [0.717, 1.165) is 0 Å². The van der Waals surface area contributed by atoms with Gasteiger partial charge in [-0.15, -0.1) is 11.3 Å². The van der Waals surface area contributed by atoms with Crippen molar-refractivity contribution < 1.29 is 14.7 Å². The molecule has 0 aliphatic rings. The van der Waals surface area contributed by atoms with E-state index in [0.29, 0.717) is 5.69 Å². The molecule has 0 spiro atoms. The average molecular weight is 242 g/mol. The molecule has 5 nitrogen and oxygen atoms in total. The molecule has 0 saturated carbocycles. The number of carboxylic acids is 1. The predicted octanol–water partition coefficient (Wildman–Crippen LogP) is 1.37. The summed E-state index contributed by atoms with van der Waals surface area (Å²) in [7, 11) is 0. The van der Waals surface area contributed by atoms with E-state index in [1.807, 2.05) is 13.8 Å². The Kier molecular flexibility index (Phi) is 4.42. The molecule has 0 radical (unpaired) electrons. The van der Waals surface area contributed by atoms with Gasteiger partial charge >= 0.3 is 5.97 Å². The summed E-state index contributed by atoms with van der Waals surface area (Å²) < 4.78 is 0. The normalized spacial score (nSPS) is 12.4. The lowest BCUT2D eigenvalue weighted by Crippen LogP contribution is -2.40. The molecule has 1 aromatic rings. The minimum absolute atomic E-state index is 0.0682. The van der Waals surface area contributed by atoms with E-state index in [2.05, 4.69) is 10.3 Å². The van der Waals surface area contributed by atoms with Crippen molar-refractivity contribution in [1.29, 1.82) is 0 Å². The Morgan fingerprint density at radius 1 is 1.56 bits per heavy atom. The van der Waals surface area contributed by atoms with Gasteiger partial charge in [0.25, 0.3) is 5.91 Å². The smallest absolute Gasteiger partial charge is 0.305 e. The number of aliphatic carboxylic acids is 1. The highest BCUT2D eigenvalue weighted by molar-refractivity contribution is 7.07. The van der Waals surface area contributed by atoms with Crippen molar-refractivity contribution in [2.24, 2.45) is 5.92 Å². The Labute approximate surface area is 97.5 Å². The maximum Gasteiger partial charge on any atom is 0.305 e. The van der Waals surface area contributed by atoms with Gasteiger partial charge in [0, 0.05) is 11.4 Å². The Bertz CT molecular complexity index is 362. The fourth-order valence-electron chi connectivity index (χ4n) is 1.21. The summed E-state index contributed by atoms with van der Waals surface area (Å²) in [5, 5.41) is 13.0. The van der Waals surface area contributed by atoms with Crippen molar-refractivity contribution >= 4 is 23.2 Å². The number of carbonyl (C=O) groups excluding carboxylic acids is 1. The van der Waals surface area contributed by atoms with E-state index >= 15 is 0 Å². The summed E-state index contributed by atoms with van der Waals surface area (Å²) in [5.74, 6) is -1.17. The van der Waals surface area contributed by atoms with Crippen LogP contribution in [0.5, 0.6) is 0 Å². The first-order valence-electron chi connectivity index (χ1n) is 4.91. The van der Waals surface area contributed by atoms with Gasteiger partial charge < -0.3 is 10.4 Å². The molecule has 0 saturated heterocycles. The largest absolute Gasteiger partial charge is 0.481 e. The van der Waals surface area contributed by atoms with Crippen molar-refractivity contribution in [3.05, 3.63) is 16.6 Å². The van der Waals surface area contributed by atoms with E-state index in [4.69, 9.17) is 5.11 Å². The van der Waals surface area contributed by atoms with Crippen LogP contribution in [0, 0.1) is 5.92 Å². The van der Waals surface area contributed by atoms with Gasteiger partial charge in [-0.2, -0.15) is 0 Å². The third-order valence-electron chi connectivity index (χ3n) is 2.18. The summed E-state index contributed by atoms with van der Waals surface area (Å²) >= 11 is 1.33. The SMILES string of the molecule is CC(C)C(CC(=O)O)NC(=O)c1cscn1. The molecular formula is C10H14N2O3S. The molecule has 0 aliphatic carbocycles. The number of amides is 1. The second-order valence-corrected chi connectivity index (χ2v) is 4.51. The zero-order valence-electron chi connectivity index (χ0n) is 9.14. The molecular weight excluding hydrogens is 228 g/mol. The van der Waals surface area contributed by atoms with Crippen LogP contribution in [-0.4, -0.2) is 28.0 Å². The first kappa shape index (κ1) is 12.6. The Morgan fingerprint density at radius 2 is 2.25 bits per heavy atom. The molecule has 1 amide bonds. The van der Waals surface area contributed by atoms with Crippen molar-refractivity contribution in [1.82, 2.24) is 10.3 Å². The molecule has 6 heteroatoms. The molecule has 0 aliphatic heterocycles. The van der Waals surface area contributed by atoms with Gasteiger partial charge in [0.15, 0.2) is 0 Å². The van der Waals surface area contributed by atoms with Gasteiger partial charge in [-0.3, -0.25) is 9.59 Å². The minimum Gasteiger partial charge on any atom is -0.481 e. The van der Waals surface area contributed by atoms with Crippen molar-refractivity contribution in [2.45, 2.75) is 26.3 Å². The molecule has 1 aromatic heterocycles. The molecule has 2 N–H and O–H groups in total. The maximum atomic E-state index is 11.6. The first-order valence-corrected chi connectivity index (χ1v) is 5.86. The summed E-state index contributed by atoms with van der Waals surface area (Å²) in [6.07, 6.45) is -0.0758. The van der Waals surface area contributed by atoms with Crippen LogP contribution in [0.25, 0.3) is 0 Å². The predicted molar refractivity (Wildman–Crippen MR) is 60.5 cm³/mol. The number of nitrogens with one attached hydrogen (secondary N) is 1. The monoisotopic (exact) mass is 242 g/mol. The highest BCUT2D eigenvalue weighted by Gasteiger charge is 2.20.